The van der Waals surface area contributed by atoms with E-state index in [1.807, 2.05) is 21.7 Å². The summed E-state index contributed by atoms with van der Waals surface area (Å²) in [5.41, 5.74) is 0.741. The molecule has 1 aromatic carbocycles. The minimum Gasteiger partial charge on any atom is -0.369 e. The third kappa shape index (κ3) is 4.61. The number of Topliss-reactive ketones (excluding diaryl/α,β-unsaturated/α-hetero) is 1. The monoisotopic (exact) mass is 368 g/mol. The third-order valence-electron chi connectivity index (χ3n) is 4.41. The Bertz CT molecular complexity index is 707. The van der Waals surface area contributed by atoms with Crippen LogP contribution in [0.4, 0.5) is 18.9 Å². The minimum atomic E-state index is -4.32. The summed E-state index contributed by atoms with van der Waals surface area (Å²) in [6.07, 6.45) is -3.85. The van der Waals surface area contributed by atoms with Crippen molar-refractivity contribution in [3.63, 3.8) is 0 Å². The summed E-state index contributed by atoms with van der Waals surface area (Å²) in [6, 6.07) is 7.29. The molecule has 0 N–H and O–H groups in total. The van der Waals surface area contributed by atoms with Crippen LogP contribution >= 0.6 is 11.3 Å². The molecule has 0 amide bonds. The number of piperazine rings is 1. The van der Waals surface area contributed by atoms with Crippen molar-refractivity contribution in [2.75, 3.05) is 37.6 Å². The van der Waals surface area contributed by atoms with E-state index in [9.17, 15) is 18.0 Å². The van der Waals surface area contributed by atoms with Gasteiger partial charge in [0.2, 0.25) is 0 Å². The zero-order valence-electron chi connectivity index (χ0n) is 13.6. The van der Waals surface area contributed by atoms with Crippen LogP contribution in [0.5, 0.6) is 0 Å². The van der Waals surface area contributed by atoms with Crippen molar-refractivity contribution >= 4 is 22.8 Å². The number of anilines is 1. The molecule has 1 aliphatic rings. The number of carbonyl (C=O) groups is 1. The number of nitrogens with zero attached hydrogens (tertiary/aromatic N) is 2. The Balaban J connectivity index is 1.51. The smallest absolute Gasteiger partial charge is 0.369 e. The molecule has 25 heavy (non-hydrogen) atoms. The van der Waals surface area contributed by atoms with Gasteiger partial charge in [0.05, 0.1) is 5.56 Å². The molecule has 134 valence electrons. The molecule has 0 bridgehead atoms. The molecule has 7 heteroatoms. The molecule has 1 aromatic heterocycles. The Labute approximate surface area is 148 Å². The standard InChI is InChI=1S/C18H19F3N2OS/c19-18(20,21)15-2-1-3-16(12-15)23-9-7-22(8-10-23)6-4-17(24)14-5-11-25-13-14/h1-3,5,11-13H,4,6-10H2. The highest BCUT2D eigenvalue weighted by molar-refractivity contribution is 7.08. The van der Waals surface area contributed by atoms with Gasteiger partial charge in [0, 0.05) is 55.8 Å². The maximum absolute atomic E-state index is 12.8. The molecule has 0 aliphatic carbocycles. The molecule has 1 saturated heterocycles. The first kappa shape index (κ1) is 17.9. The van der Waals surface area contributed by atoms with E-state index in [1.54, 1.807) is 6.07 Å². The summed E-state index contributed by atoms with van der Waals surface area (Å²) in [5, 5.41) is 3.75. The highest BCUT2D eigenvalue weighted by atomic mass is 32.1. The third-order valence-corrected chi connectivity index (χ3v) is 5.09. The second kappa shape index (κ2) is 7.58. The van der Waals surface area contributed by atoms with E-state index in [4.69, 9.17) is 0 Å². The Morgan fingerprint density at radius 3 is 2.52 bits per heavy atom. The lowest BCUT2D eigenvalue weighted by molar-refractivity contribution is -0.137. The van der Waals surface area contributed by atoms with Gasteiger partial charge in [0.25, 0.3) is 0 Å². The zero-order chi connectivity index (χ0) is 17.9. The van der Waals surface area contributed by atoms with E-state index < -0.39 is 11.7 Å². The molecule has 0 unspecified atom stereocenters. The number of benzene rings is 1. The normalized spacial score (nSPS) is 16.2. The van der Waals surface area contributed by atoms with Crippen LogP contribution in [0.1, 0.15) is 22.3 Å². The lowest BCUT2D eigenvalue weighted by atomic mass is 10.1. The fourth-order valence-corrected chi connectivity index (χ4v) is 3.60. The van der Waals surface area contributed by atoms with Crippen LogP contribution in [0.25, 0.3) is 0 Å². The molecule has 2 aromatic rings. The van der Waals surface area contributed by atoms with Gasteiger partial charge in [-0.05, 0) is 29.6 Å². The molecule has 2 heterocycles. The second-order valence-electron chi connectivity index (χ2n) is 6.06. The van der Waals surface area contributed by atoms with Crippen molar-refractivity contribution in [3.8, 4) is 0 Å². The predicted molar refractivity (Wildman–Crippen MR) is 93.4 cm³/mol. The minimum absolute atomic E-state index is 0.140. The molecule has 1 fully saturated rings. The highest BCUT2D eigenvalue weighted by Crippen LogP contribution is 2.31. The first-order chi connectivity index (χ1) is 11.9. The average Bonchev–Trinajstić information content (AvgIpc) is 3.14. The summed E-state index contributed by atoms with van der Waals surface area (Å²) in [7, 11) is 0. The van der Waals surface area contributed by atoms with Crippen molar-refractivity contribution in [1.82, 2.24) is 4.90 Å². The van der Waals surface area contributed by atoms with E-state index in [0.717, 1.165) is 24.7 Å². The average molecular weight is 368 g/mol. The Kier molecular flexibility index (Phi) is 5.44. The number of hydrogen-bond donors (Lipinski definition) is 0. The molecule has 3 rings (SSSR count). The number of hydrogen-bond acceptors (Lipinski definition) is 4. The molecule has 0 saturated carbocycles. The van der Waals surface area contributed by atoms with Crippen molar-refractivity contribution in [2.45, 2.75) is 12.6 Å². The lowest BCUT2D eigenvalue weighted by Crippen LogP contribution is -2.47. The maximum Gasteiger partial charge on any atom is 0.416 e. The van der Waals surface area contributed by atoms with E-state index >= 15 is 0 Å². The van der Waals surface area contributed by atoms with Crippen LogP contribution in [0.15, 0.2) is 41.1 Å². The summed E-state index contributed by atoms with van der Waals surface area (Å²) in [5.74, 6) is 0.140. The largest absolute Gasteiger partial charge is 0.416 e. The van der Waals surface area contributed by atoms with Gasteiger partial charge in [-0.15, -0.1) is 0 Å². The van der Waals surface area contributed by atoms with Gasteiger partial charge in [0.15, 0.2) is 5.78 Å². The second-order valence-corrected chi connectivity index (χ2v) is 6.84. The maximum atomic E-state index is 12.8. The van der Waals surface area contributed by atoms with Crippen LogP contribution in [-0.4, -0.2) is 43.4 Å². The molecular weight excluding hydrogens is 349 g/mol. The zero-order valence-corrected chi connectivity index (χ0v) is 14.4. The quantitative estimate of drug-likeness (QED) is 0.741. The van der Waals surface area contributed by atoms with Gasteiger partial charge in [-0.3, -0.25) is 9.69 Å². The van der Waals surface area contributed by atoms with Crippen LogP contribution in [0.2, 0.25) is 0 Å². The first-order valence-electron chi connectivity index (χ1n) is 8.13. The molecule has 0 atom stereocenters. The van der Waals surface area contributed by atoms with Gasteiger partial charge in [-0.25, -0.2) is 0 Å². The fourth-order valence-electron chi connectivity index (χ4n) is 2.94. The summed E-state index contributed by atoms with van der Waals surface area (Å²) >= 11 is 1.51. The Hall–Kier alpha value is -1.86. The lowest BCUT2D eigenvalue weighted by Gasteiger charge is -2.36. The van der Waals surface area contributed by atoms with Crippen molar-refractivity contribution in [1.29, 1.82) is 0 Å². The SMILES string of the molecule is O=C(CCN1CCN(c2cccc(C(F)(F)F)c2)CC1)c1ccsc1. The summed E-state index contributed by atoms with van der Waals surface area (Å²) in [6.45, 7) is 3.49. The van der Waals surface area contributed by atoms with Gasteiger partial charge in [-0.2, -0.15) is 24.5 Å². The Morgan fingerprint density at radius 2 is 1.88 bits per heavy atom. The highest BCUT2D eigenvalue weighted by Gasteiger charge is 2.31. The van der Waals surface area contributed by atoms with Crippen LogP contribution in [-0.2, 0) is 6.18 Å². The van der Waals surface area contributed by atoms with E-state index in [2.05, 4.69) is 4.90 Å². The number of carbonyl (C=O) groups excluding carboxylic acids is 1. The molecule has 0 radical (unpaired) electrons. The topological polar surface area (TPSA) is 23.6 Å². The summed E-state index contributed by atoms with van der Waals surface area (Å²) in [4.78, 5) is 16.2. The van der Waals surface area contributed by atoms with Crippen LogP contribution in [0, 0.1) is 0 Å². The van der Waals surface area contributed by atoms with Gasteiger partial charge in [0.1, 0.15) is 0 Å². The Morgan fingerprint density at radius 1 is 1.12 bits per heavy atom. The fraction of sp³-hybridized carbons (Fsp3) is 0.389. The van der Waals surface area contributed by atoms with Gasteiger partial charge >= 0.3 is 6.18 Å². The number of halogens is 3. The molecule has 0 spiro atoms. The molecular formula is C18H19F3N2OS. The number of rotatable bonds is 5. The van der Waals surface area contributed by atoms with Crippen molar-refractivity contribution < 1.29 is 18.0 Å². The molecule has 1 aliphatic heterocycles. The molecule has 3 nitrogen and oxygen atoms in total. The van der Waals surface area contributed by atoms with E-state index in [0.29, 0.717) is 31.7 Å². The van der Waals surface area contributed by atoms with Crippen molar-refractivity contribution in [3.05, 3.63) is 52.2 Å². The predicted octanol–water partition coefficient (Wildman–Crippen LogP) is 4.16. The van der Waals surface area contributed by atoms with Gasteiger partial charge < -0.3 is 4.90 Å². The number of alkyl halides is 3. The summed E-state index contributed by atoms with van der Waals surface area (Å²) < 4.78 is 38.5. The first-order valence-corrected chi connectivity index (χ1v) is 9.08. The van der Waals surface area contributed by atoms with Crippen molar-refractivity contribution in [2.24, 2.45) is 0 Å². The van der Waals surface area contributed by atoms with Crippen LogP contribution < -0.4 is 4.90 Å². The van der Waals surface area contributed by atoms with E-state index in [-0.39, 0.29) is 5.78 Å². The van der Waals surface area contributed by atoms with Crippen LogP contribution in [0.3, 0.4) is 0 Å². The number of ketones is 1. The number of thiophene rings is 1. The van der Waals surface area contributed by atoms with E-state index in [1.165, 1.54) is 23.5 Å². The van der Waals surface area contributed by atoms with Gasteiger partial charge in [-0.1, -0.05) is 6.07 Å².